The summed E-state index contributed by atoms with van der Waals surface area (Å²) in [7, 11) is 1.93. The Kier molecular flexibility index (Phi) is 7.29. The zero-order valence-corrected chi connectivity index (χ0v) is 15.8. The first-order chi connectivity index (χ1) is 9.91. The van der Waals surface area contributed by atoms with Crippen molar-refractivity contribution >= 4 is 29.7 Å². The molecule has 1 aliphatic rings. The van der Waals surface area contributed by atoms with Crippen LogP contribution >= 0.6 is 23.7 Å². The van der Waals surface area contributed by atoms with Crippen LogP contribution in [0.15, 0.2) is 0 Å². The summed E-state index contributed by atoms with van der Waals surface area (Å²) in [5.41, 5.74) is 1.07. The van der Waals surface area contributed by atoms with Gasteiger partial charge in [0.15, 0.2) is 0 Å². The van der Waals surface area contributed by atoms with Crippen molar-refractivity contribution in [1.82, 2.24) is 15.2 Å². The molecule has 0 aliphatic carbocycles. The molecule has 22 heavy (non-hydrogen) atoms. The van der Waals surface area contributed by atoms with E-state index < -0.39 is 0 Å². The van der Waals surface area contributed by atoms with E-state index in [4.69, 9.17) is 0 Å². The molecule has 1 aromatic rings. The second kappa shape index (κ2) is 8.27. The quantitative estimate of drug-likeness (QED) is 0.908. The Morgan fingerprint density at radius 3 is 2.41 bits per heavy atom. The molecule has 1 aromatic heterocycles. The van der Waals surface area contributed by atoms with E-state index in [1.54, 1.807) is 11.3 Å². The SMILES string of the molecule is Cc1nc(C(C)C)sc1C(C)N(C)C(=O)C1CCNCC1.Cl. The highest BCUT2D eigenvalue weighted by Gasteiger charge is 2.28. The molecular weight excluding hydrogens is 318 g/mol. The van der Waals surface area contributed by atoms with Crippen molar-refractivity contribution in [2.24, 2.45) is 5.92 Å². The number of thiazole rings is 1. The normalized spacial score (nSPS) is 17.2. The van der Waals surface area contributed by atoms with E-state index >= 15 is 0 Å². The van der Waals surface area contributed by atoms with Crippen LogP contribution in [-0.4, -0.2) is 35.9 Å². The van der Waals surface area contributed by atoms with Gasteiger partial charge in [0.1, 0.15) is 0 Å². The van der Waals surface area contributed by atoms with Crippen molar-refractivity contribution in [3.05, 3.63) is 15.6 Å². The summed E-state index contributed by atoms with van der Waals surface area (Å²) >= 11 is 1.75. The molecule has 126 valence electrons. The molecule has 0 spiro atoms. The summed E-state index contributed by atoms with van der Waals surface area (Å²) < 4.78 is 0. The molecule has 2 rings (SSSR count). The van der Waals surface area contributed by atoms with Crippen LogP contribution in [0.3, 0.4) is 0 Å². The number of nitrogens with one attached hydrogen (secondary N) is 1. The van der Waals surface area contributed by atoms with Gasteiger partial charge in [-0.25, -0.2) is 4.98 Å². The van der Waals surface area contributed by atoms with Crippen molar-refractivity contribution in [2.75, 3.05) is 20.1 Å². The highest BCUT2D eigenvalue weighted by Crippen LogP contribution is 2.32. The fourth-order valence-electron chi connectivity index (χ4n) is 2.79. The maximum Gasteiger partial charge on any atom is 0.226 e. The van der Waals surface area contributed by atoms with Gasteiger partial charge in [0.2, 0.25) is 5.91 Å². The molecule has 0 aromatic carbocycles. The third-order valence-electron chi connectivity index (χ3n) is 4.34. The van der Waals surface area contributed by atoms with E-state index in [1.165, 1.54) is 4.88 Å². The Labute approximate surface area is 144 Å². The smallest absolute Gasteiger partial charge is 0.226 e. The summed E-state index contributed by atoms with van der Waals surface area (Å²) in [5, 5.41) is 4.48. The second-order valence-corrected chi connectivity index (χ2v) is 7.37. The summed E-state index contributed by atoms with van der Waals surface area (Å²) in [6, 6.07) is 0.109. The van der Waals surface area contributed by atoms with Gasteiger partial charge in [0.05, 0.1) is 16.7 Å². The number of amides is 1. The van der Waals surface area contributed by atoms with Gasteiger partial charge in [-0.2, -0.15) is 0 Å². The minimum Gasteiger partial charge on any atom is -0.338 e. The van der Waals surface area contributed by atoms with E-state index in [1.807, 2.05) is 11.9 Å². The van der Waals surface area contributed by atoms with Gasteiger partial charge in [0.25, 0.3) is 0 Å². The molecule has 0 bridgehead atoms. The Balaban J connectivity index is 0.00000242. The van der Waals surface area contributed by atoms with Crippen LogP contribution in [0.1, 0.15) is 61.2 Å². The lowest BCUT2D eigenvalue weighted by Gasteiger charge is -2.30. The highest BCUT2D eigenvalue weighted by atomic mass is 35.5. The first-order valence-corrected chi connectivity index (χ1v) is 8.68. The third-order valence-corrected chi connectivity index (χ3v) is 5.97. The van der Waals surface area contributed by atoms with Gasteiger partial charge in [-0.1, -0.05) is 13.8 Å². The molecule has 1 amide bonds. The Bertz CT molecular complexity index is 498. The molecular formula is C16H28ClN3OS. The van der Waals surface area contributed by atoms with Gasteiger partial charge < -0.3 is 10.2 Å². The number of hydrogen-bond acceptors (Lipinski definition) is 4. The molecule has 1 atom stereocenters. The maximum atomic E-state index is 12.6. The third kappa shape index (κ3) is 4.21. The van der Waals surface area contributed by atoms with Crippen LogP contribution in [0.4, 0.5) is 0 Å². The number of aromatic nitrogens is 1. The molecule has 0 saturated carbocycles. The number of halogens is 1. The van der Waals surface area contributed by atoms with Crippen molar-refractivity contribution < 1.29 is 4.79 Å². The van der Waals surface area contributed by atoms with Gasteiger partial charge in [0, 0.05) is 23.8 Å². The molecule has 1 aliphatic heterocycles. The van der Waals surface area contributed by atoms with Crippen LogP contribution in [-0.2, 0) is 4.79 Å². The predicted molar refractivity (Wildman–Crippen MR) is 95.0 cm³/mol. The number of hydrogen-bond donors (Lipinski definition) is 1. The number of aryl methyl sites for hydroxylation is 1. The van der Waals surface area contributed by atoms with Crippen molar-refractivity contribution in [3.8, 4) is 0 Å². The average molecular weight is 346 g/mol. The van der Waals surface area contributed by atoms with Crippen LogP contribution < -0.4 is 5.32 Å². The van der Waals surface area contributed by atoms with Crippen molar-refractivity contribution in [1.29, 1.82) is 0 Å². The standard InChI is InChI=1S/C16H27N3OS.ClH/c1-10(2)15-18-11(3)14(21-15)12(4)19(5)16(20)13-6-8-17-9-7-13;/h10,12-13,17H,6-9H2,1-5H3;1H. The summed E-state index contributed by atoms with van der Waals surface area (Å²) in [6.45, 7) is 10.4. The molecule has 6 heteroatoms. The van der Waals surface area contributed by atoms with E-state index in [-0.39, 0.29) is 30.3 Å². The van der Waals surface area contributed by atoms with Gasteiger partial charge in [-0.3, -0.25) is 4.79 Å². The molecule has 2 heterocycles. The summed E-state index contributed by atoms with van der Waals surface area (Å²) in [6.07, 6.45) is 1.91. The van der Waals surface area contributed by atoms with E-state index in [0.29, 0.717) is 5.92 Å². The number of piperidine rings is 1. The Morgan fingerprint density at radius 2 is 1.91 bits per heavy atom. The molecule has 0 radical (unpaired) electrons. The van der Waals surface area contributed by atoms with E-state index in [9.17, 15) is 4.79 Å². The van der Waals surface area contributed by atoms with Crippen LogP contribution in [0.25, 0.3) is 0 Å². The number of carbonyl (C=O) groups is 1. The monoisotopic (exact) mass is 345 g/mol. The maximum absolute atomic E-state index is 12.6. The van der Waals surface area contributed by atoms with Crippen LogP contribution in [0.2, 0.25) is 0 Å². The molecule has 4 nitrogen and oxygen atoms in total. The molecule has 1 saturated heterocycles. The zero-order chi connectivity index (χ0) is 15.6. The molecule has 1 fully saturated rings. The Hall–Kier alpha value is -0.650. The number of nitrogens with zero attached hydrogens (tertiary/aromatic N) is 2. The van der Waals surface area contributed by atoms with Crippen LogP contribution in [0.5, 0.6) is 0 Å². The van der Waals surface area contributed by atoms with Gasteiger partial charge in [-0.05, 0) is 39.8 Å². The van der Waals surface area contributed by atoms with Crippen molar-refractivity contribution in [2.45, 2.75) is 52.5 Å². The largest absolute Gasteiger partial charge is 0.338 e. The molecule has 1 unspecified atom stereocenters. The predicted octanol–water partition coefficient (Wildman–Crippen LogP) is 3.52. The van der Waals surface area contributed by atoms with E-state index in [2.05, 4.69) is 38.0 Å². The number of rotatable bonds is 4. The summed E-state index contributed by atoms with van der Waals surface area (Å²) in [4.78, 5) is 20.4. The lowest BCUT2D eigenvalue weighted by atomic mass is 9.96. The van der Waals surface area contributed by atoms with Crippen molar-refractivity contribution in [3.63, 3.8) is 0 Å². The zero-order valence-electron chi connectivity index (χ0n) is 14.2. The average Bonchev–Trinajstić information content (AvgIpc) is 2.88. The van der Waals surface area contributed by atoms with Gasteiger partial charge >= 0.3 is 0 Å². The first kappa shape index (κ1) is 19.4. The molecule has 1 N–H and O–H groups in total. The highest BCUT2D eigenvalue weighted by molar-refractivity contribution is 7.11. The minimum absolute atomic E-state index is 0. The second-order valence-electron chi connectivity index (χ2n) is 6.31. The fourth-order valence-corrected chi connectivity index (χ4v) is 3.95. The fraction of sp³-hybridized carbons (Fsp3) is 0.750. The first-order valence-electron chi connectivity index (χ1n) is 7.86. The van der Waals surface area contributed by atoms with Crippen LogP contribution in [0, 0.1) is 12.8 Å². The summed E-state index contributed by atoms with van der Waals surface area (Å²) in [5.74, 6) is 0.902. The number of carbonyl (C=O) groups excluding carboxylic acids is 1. The lowest BCUT2D eigenvalue weighted by molar-refractivity contribution is -0.136. The minimum atomic E-state index is 0. The van der Waals surface area contributed by atoms with E-state index in [0.717, 1.165) is 36.6 Å². The Morgan fingerprint density at radius 1 is 1.32 bits per heavy atom. The van der Waals surface area contributed by atoms with Gasteiger partial charge in [-0.15, -0.1) is 23.7 Å². The lowest BCUT2D eigenvalue weighted by Crippen LogP contribution is -2.40. The topological polar surface area (TPSA) is 45.2 Å².